The van der Waals surface area contributed by atoms with Crippen LogP contribution < -0.4 is 5.32 Å². The molecule has 1 saturated carbocycles. The van der Waals surface area contributed by atoms with E-state index in [0.717, 1.165) is 6.42 Å². The lowest BCUT2D eigenvalue weighted by Crippen LogP contribution is -2.42. The van der Waals surface area contributed by atoms with Gasteiger partial charge < -0.3 is 5.32 Å². The number of hydrogen-bond donors (Lipinski definition) is 1. The Bertz CT molecular complexity index is 315. The summed E-state index contributed by atoms with van der Waals surface area (Å²) in [5.74, 6) is 0.728. The average Bonchev–Trinajstić information content (AvgIpc) is 2.73. The Balaban J connectivity index is 1.87. The zero-order valence-electron chi connectivity index (χ0n) is 9.11. The molecule has 3 unspecified atom stereocenters. The first-order chi connectivity index (χ1) is 7.11. The minimum absolute atomic E-state index is 0.216. The van der Waals surface area contributed by atoms with Crippen LogP contribution in [0.15, 0.2) is 0 Å². The van der Waals surface area contributed by atoms with Crippen molar-refractivity contribution >= 4 is 21.6 Å². The van der Waals surface area contributed by atoms with Crippen LogP contribution in [-0.4, -0.2) is 43.5 Å². The van der Waals surface area contributed by atoms with Crippen molar-refractivity contribution in [3.05, 3.63) is 0 Å². The van der Waals surface area contributed by atoms with Crippen molar-refractivity contribution in [3.8, 4) is 0 Å². The fourth-order valence-electron chi connectivity index (χ4n) is 2.63. The number of hydrogen-bond acceptors (Lipinski definition) is 4. The molecule has 3 nitrogen and oxygen atoms in total. The van der Waals surface area contributed by atoms with Crippen molar-refractivity contribution in [1.82, 2.24) is 5.32 Å². The van der Waals surface area contributed by atoms with Gasteiger partial charge in [0.2, 0.25) is 0 Å². The quantitative estimate of drug-likeness (QED) is 0.812. The summed E-state index contributed by atoms with van der Waals surface area (Å²) in [5, 5.41) is 4.22. The first-order valence-electron chi connectivity index (χ1n) is 5.60. The first kappa shape index (κ1) is 11.7. The van der Waals surface area contributed by atoms with Crippen LogP contribution in [0, 0.1) is 0 Å². The summed E-state index contributed by atoms with van der Waals surface area (Å²) in [7, 11) is -2.73. The van der Waals surface area contributed by atoms with Crippen LogP contribution in [0.5, 0.6) is 0 Å². The minimum Gasteiger partial charge on any atom is -0.309 e. The second-order valence-electron chi connectivity index (χ2n) is 4.58. The van der Waals surface area contributed by atoms with Crippen LogP contribution in [0.2, 0.25) is 0 Å². The van der Waals surface area contributed by atoms with E-state index >= 15 is 0 Å². The third kappa shape index (κ3) is 2.88. The van der Waals surface area contributed by atoms with Gasteiger partial charge in [0.25, 0.3) is 0 Å². The Morgan fingerprint density at radius 3 is 2.67 bits per heavy atom. The Morgan fingerprint density at radius 1 is 1.27 bits per heavy atom. The predicted molar refractivity (Wildman–Crippen MR) is 65.1 cm³/mol. The van der Waals surface area contributed by atoms with Gasteiger partial charge in [-0.1, -0.05) is 6.42 Å². The van der Waals surface area contributed by atoms with E-state index in [2.05, 4.69) is 11.6 Å². The van der Waals surface area contributed by atoms with Crippen LogP contribution >= 0.6 is 11.8 Å². The molecule has 15 heavy (non-hydrogen) atoms. The Kier molecular flexibility index (Phi) is 3.63. The van der Waals surface area contributed by atoms with Crippen molar-refractivity contribution < 1.29 is 8.42 Å². The lowest BCUT2D eigenvalue weighted by atomic mass is 10.2. The van der Waals surface area contributed by atoms with Gasteiger partial charge in [0.1, 0.15) is 0 Å². The van der Waals surface area contributed by atoms with Gasteiger partial charge in [-0.25, -0.2) is 8.42 Å². The van der Waals surface area contributed by atoms with Crippen LogP contribution in [-0.2, 0) is 9.84 Å². The number of nitrogens with one attached hydrogen (secondary N) is 1. The molecular weight excluding hydrogens is 230 g/mol. The molecule has 1 saturated heterocycles. The molecule has 1 aliphatic heterocycles. The molecule has 88 valence electrons. The smallest absolute Gasteiger partial charge is 0.151 e. The molecule has 2 fully saturated rings. The summed E-state index contributed by atoms with van der Waals surface area (Å²) in [6.07, 6.45) is 6.72. The molecule has 1 heterocycles. The van der Waals surface area contributed by atoms with Crippen molar-refractivity contribution in [2.75, 3.05) is 17.8 Å². The fraction of sp³-hybridized carbons (Fsp3) is 1.00. The van der Waals surface area contributed by atoms with Gasteiger partial charge in [0, 0.05) is 17.3 Å². The van der Waals surface area contributed by atoms with Gasteiger partial charge in [-0.15, -0.1) is 0 Å². The van der Waals surface area contributed by atoms with E-state index in [-0.39, 0.29) is 6.04 Å². The molecule has 0 spiro atoms. The maximum atomic E-state index is 11.3. The molecule has 2 rings (SSSR count). The predicted octanol–water partition coefficient (Wildman–Crippen LogP) is 1.05. The van der Waals surface area contributed by atoms with E-state index in [9.17, 15) is 8.42 Å². The second kappa shape index (κ2) is 4.63. The maximum absolute atomic E-state index is 11.3. The summed E-state index contributed by atoms with van der Waals surface area (Å²) < 4.78 is 22.6. The highest BCUT2D eigenvalue weighted by Gasteiger charge is 2.33. The second-order valence-corrected chi connectivity index (χ2v) is 7.88. The standard InChI is InChI=1S/C10H19NO2S2/c1-14-10-4-2-3-9(10)11-8-5-6-15(12,13)7-8/h8-11H,2-7H2,1H3. The third-order valence-corrected chi connectivity index (χ3v) is 6.38. The highest BCUT2D eigenvalue weighted by atomic mass is 32.2. The van der Waals surface area contributed by atoms with Crippen LogP contribution in [0.3, 0.4) is 0 Å². The SMILES string of the molecule is CSC1CCCC1NC1CCS(=O)(=O)C1. The molecule has 0 radical (unpaired) electrons. The topological polar surface area (TPSA) is 46.2 Å². The monoisotopic (exact) mass is 249 g/mol. The molecular formula is C10H19NO2S2. The number of thioether (sulfide) groups is 1. The van der Waals surface area contributed by atoms with Gasteiger partial charge >= 0.3 is 0 Å². The van der Waals surface area contributed by atoms with Crippen LogP contribution in [0.25, 0.3) is 0 Å². The normalized spacial score (nSPS) is 39.7. The van der Waals surface area contributed by atoms with Gasteiger partial charge in [-0.3, -0.25) is 0 Å². The molecule has 3 atom stereocenters. The Morgan fingerprint density at radius 2 is 2.07 bits per heavy atom. The summed E-state index contributed by atoms with van der Waals surface area (Å²) in [6.45, 7) is 0. The molecule has 2 aliphatic rings. The third-order valence-electron chi connectivity index (χ3n) is 3.44. The van der Waals surface area contributed by atoms with Gasteiger partial charge in [-0.05, 0) is 25.5 Å². The molecule has 0 aromatic heterocycles. The highest BCUT2D eigenvalue weighted by Crippen LogP contribution is 2.29. The zero-order chi connectivity index (χ0) is 10.9. The maximum Gasteiger partial charge on any atom is 0.151 e. The van der Waals surface area contributed by atoms with Crippen molar-refractivity contribution in [3.63, 3.8) is 0 Å². The van der Waals surface area contributed by atoms with E-state index in [1.54, 1.807) is 0 Å². The Labute approximate surface area is 96.3 Å². The largest absolute Gasteiger partial charge is 0.309 e. The summed E-state index contributed by atoms with van der Waals surface area (Å²) in [4.78, 5) is 0. The van der Waals surface area contributed by atoms with Crippen molar-refractivity contribution in [2.45, 2.75) is 43.0 Å². The Hall–Kier alpha value is 0.260. The van der Waals surface area contributed by atoms with Crippen molar-refractivity contribution in [2.24, 2.45) is 0 Å². The van der Waals surface area contributed by atoms with Crippen LogP contribution in [0.1, 0.15) is 25.7 Å². The van der Waals surface area contributed by atoms with Crippen molar-refractivity contribution in [1.29, 1.82) is 0 Å². The molecule has 0 bridgehead atoms. The van der Waals surface area contributed by atoms with Gasteiger partial charge in [-0.2, -0.15) is 11.8 Å². The van der Waals surface area contributed by atoms with E-state index in [1.807, 2.05) is 11.8 Å². The molecule has 5 heteroatoms. The first-order valence-corrected chi connectivity index (χ1v) is 8.71. The van der Waals surface area contributed by atoms with Gasteiger partial charge in [0.15, 0.2) is 9.84 Å². The zero-order valence-corrected chi connectivity index (χ0v) is 10.7. The lowest BCUT2D eigenvalue weighted by molar-refractivity contribution is 0.460. The van der Waals surface area contributed by atoms with Crippen LogP contribution in [0.4, 0.5) is 0 Å². The minimum atomic E-state index is -2.73. The molecule has 0 aromatic rings. The lowest BCUT2D eigenvalue weighted by Gasteiger charge is -2.22. The summed E-state index contributed by atoms with van der Waals surface area (Å²) >= 11 is 1.91. The average molecular weight is 249 g/mol. The molecule has 0 aromatic carbocycles. The summed E-state index contributed by atoms with van der Waals surface area (Å²) in [6, 6.07) is 0.756. The highest BCUT2D eigenvalue weighted by molar-refractivity contribution is 7.99. The van der Waals surface area contributed by atoms with E-state index < -0.39 is 9.84 Å². The summed E-state index contributed by atoms with van der Waals surface area (Å²) in [5.41, 5.74) is 0. The van der Waals surface area contributed by atoms with E-state index in [0.29, 0.717) is 22.8 Å². The molecule has 1 N–H and O–H groups in total. The molecule has 1 aliphatic carbocycles. The number of rotatable bonds is 3. The fourth-order valence-corrected chi connectivity index (χ4v) is 5.26. The van der Waals surface area contributed by atoms with Gasteiger partial charge in [0.05, 0.1) is 11.5 Å². The number of sulfone groups is 1. The van der Waals surface area contributed by atoms with E-state index in [1.165, 1.54) is 19.3 Å². The molecule has 0 amide bonds. The van der Waals surface area contributed by atoms with E-state index in [4.69, 9.17) is 0 Å².